The molecule has 0 bridgehead atoms. The highest BCUT2D eigenvalue weighted by Crippen LogP contribution is 2.39. The molecule has 5 heteroatoms. The monoisotopic (exact) mass is 578 g/mol. The molecular weight excluding hydrogens is 532 g/mol. The van der Waals surface area contributed by atoms with Crippen molar-refractivity contribution in [2.45, 2.75) is 37.8 Å². The minimum absolute atomic E-state index is 0.388. The van der Waals surface area contributed by atoms with Crippen molar-refractivity contribution in [1.82, 2.24) is 0 Å². The molecule has 0 radical (unpaired) electrons. The van der Waals surface area contributed by atoms with E-state index >= 15 is 0 Å². The van der Waals surface area contributed by atoms with Crippen LogP contribution in [0.4, 0.5) is 0 Å². The lowest BCUT2D eigenvalue weighted by Gasteiger charge is -2.43. The summed E-state index contributed by atoms with van der Waals surface area (Å²) in [5.74, 6) is 3.60. The van der Waals surface area contributed by atoms with Gasteiger partial charge in [-0.25, -0.2) is 0 Å². The van der Waals surface area contributed by atoms with E-state index in [2.05, 4.69) is 113 Å². The highest BCUT2D eigenvalue weighted by Gasteiger charge is 2.37. The summed E-state index contributed by atoms with van der Waals surface area (Å²) in [4.78, 5) is 0. The number of likely N-dealkylation sites (N-methyl/N-ethyl adjacent to an activating group) is 2. The molecule has 5 nitrogen and oxygen atoms in total. The van der Waals surface area contributed by atoms with Gasteiger partial charge in [0.1, 0.15) is 35.1 Å². The molecule has 0 saturated heterocycles. The number of benzene rings is 4. The maximum absolute atomic E-state index is 6.28. The second kappa shape index (κ2) is 11.7. The second-order valence-corrected chi connectivity index (χ2v) is 13.5. The Hall–Kier alpha value is -3.80. The molecule has 0 aliphatic carbocycles. The first kappa shape index (κ1) is 29.3. The van der Waals surface area contributed by atoms with E-state index in [-0.39, 0.29) is 0 Å². The fraction of sp³-hybridized carbons (Fsp3) is 0.368. The lowest BCUT2D eigenvalue weighted by atomic mass is 9.87. The van der Waals surface area contributed by atoms with Crippen LogP contribution in [0.15, 0.2) is 84.9 Å². The molecule has 0 spiro atoms. The molecule has 0 fully saturated rings. The third-order valence-electron chi connectivity index (χ3n) is 9.97. The number of rotatable bonds is 8. The zero-order valence-corrected chi connectivity index (χ0v) is 26.6. The second-order valence-electron chi connectivity index (χ2n) is 13.5. The summed E-state index contributed by atoms with van der Waals surface area (Å²) < 4.78 is 19.4. The number of methoxy groups -OCH3 is 2. The largest absolute Gasteiger partial charge is 0.497 e. The normalized spacial score (nSPS) is 20.0. The fourth-order valence-electron chi connectivity index (χ4n) is 7.04. The van der Waals surface area contributed by atoms with E-state index in [9.17, 15) is 0 Å². The zero-order valence-electron chi connectivity index (χ0n) is 26.6. The quantitative estimate of drug-likeness (QED) is 0.205. The molecule has 0 amide bonds. The molecule has 2 atom stereocenters. The molecular formula is C38H46N2O3+2. The highest BCUT2D eigenvalue weighted by molar-refractivity contribution is 5.41. The Morgan fingerprint density at radius 1 is 0.535 bits per heavy atom. The number of ether oxygens (including phenoxy) is 3. The van der Waals surface area contributed by atoms with Crippen molar-refractivity contribution in [1.29, 1.82) is 0 Å². The first-order chi connectivity index (χ1) is 20.6. The Bertz CT molecular complexity index is 1460. The standard InChI is InChI=1S/C38H46N2O3/c1-39(2)21-19-29-11-17-33(41-5)25-35(29)37(39)23-27-7-13-31(14-8-27)43-32-15-9-28(10-16-32)24-38-36-26-34(42-6)18-12-30(36)20-22-40(38,3)4/h7-18,25-26,37-38H,19-24H2,1-6H3/q+2/t37-,38-/m0/s1. The van der Waals surface area contributed by atoms with Crippen molar-refractivity contribution in [3.05, 3.63) is 118 Å². The van der Waals surface area contributed by atoms with Gasteiger partial charge in [-0.3, -0.25) is 0 Å². The highest BCUT2D eigenvalue weighted by atomic mass is 16.5. The number of quaternary nitrogens is 2. The number of hydrogen-bond donors (Lipinski definition) is 0. The van der Waals surface area contributed by atoms with Crippen molar-refractivity contribution in [3.8, 4) is 23.0 Å². The van der Waals surface area contributed by atoms with Gasteiger partial charge in [0.05, 0.1) is 55.5 Å². The molecule has 0 saturated carbocycles. The van der Waals surface area contributed by atoms with Crippen LogP contribution in [0.3, 0.4) is 0 Å². The first-order valence-corrected chi connectivity index (χ1v) is 15.5. The van der Waals surface area contributed by atoms with Crippen LogP contribution in [-0.4, -0.2) is 64.5 Å². The lowest BCUT2D eigenvalue weighted by molar-refractivity contribution is -0.923. The van der Waals surface area contributed by atoms with Gasteiger partial charge in [-0.05, 0) is 70.8 Å². The van der Waals surface area contributed by atoms with Crippen LogP contribution in [0.25, 0.3) is 0 Å². The van der Waals surface area contributed by atoms with Gasteiger partial charge in [0.25, 0.3) is 0 Å². The van der Waals surface area contributed by atoms with Gasteiger partial charge in [0, 0.05) is 36.8 Å². The van der Waals surface area contributed by atoms with E-state index in [1.807, 2.05) is 0 Å². The summed E-state index contributed by atoms with van der Waals surface area (Å²) in [6.45, 7) is 2.28. The molecule has 43 heavy (non-hydrogen) atoms. The molecule has 2 aliphatic heterocycles. The Labute approximate surface area is 257 Å². The number of hydrogen-bond acceptors (Lipinski definition) is 3. The minimum Gasteiger partial charge on any atom is -0.497 e. The molecule has 2 heterocycles. The van der Waals surface area contributed by atoms with Crippen molar-refractivity contribution in [2.75, 3.05) is 55.5 Å². The summed E-state index contributed by atoms with van der Waals surface area (Å²) >= 11 is 0. The summed E-state index contributed by atoms with van der Waals surface area (Å²) in [7, 11) is 12.9. The number of fused-ring (bicyclic) bond motifs is 2. The Kier molecular flexibility index (Phi) is 7.97. The van der Waals surface area contributed by atoms with Gasteiger partial charge in [-0.15, -0.1) is 0 Å². The maximum atomic E-state index is 6.28. The maximum Gasteiger partial charge on any atom is 0.127 e. The van der Waals surface area contributed by atoms with Crippen molar-refractivity contribution in [3.63, 3.8) is 0 Å². The van der Waals surface area contributed by atoms with Gasteiger partial charge >= 0.3 is 0 Å². The van der Waals surface area contributed by atoms with E-state index in [4.69, 9.17) is 14.2 Å². The van der Waals surface area contributed by atoms with E-state index < -0.39 is 0 Å². The van der Waals surface area contributed by atoms with Crippen LogP contribution >= 0.6 is 0 Å². The van der Waals surface area contributed by atoms with Crippen molar-refractivity contribution < 1.29 is 23.2 Å². The lowest BCUT2D eigenvalue weighted by Crippen LogP contribution is -2.48. The minimum atomic E-state index is 0.388. The van der Waals surface area contributed by atoms with Gasteiger partial charge in [0.15, 0.2) is 0 Å². The first-order valence-electron chi connectivity index (χ1n) is 15.5. The Balaban J connectivity index is 1.13. The molecule has 0 aromatic heterocycles. The van der Waals surface area contributed by atoms with Crippen LogP contribution in [0.5, 0.6) is 23.0 Å². The Morgan fingerprint density at radius 2 is 0.907 bits per heavy atom. The smallest absolute Gasteiger partial charge is 0.127 e. The van der Waals surface area contributed by atoms with E-state index in [1.54, 1.807) is 14.2 Å². The third-order valence-corrected chi connectivity index (χ3v) is 9.97. The van der Waals surface area contributed by atoms with Crippen LogP contribution in [-0.2, 0) is 25.7 Å². The van der Waals surface area contributed by atoms with Gasteiger partial charge < -0.3 is 23.2 Å². The molecule has 0 unspecified atom stereocenters. The van der Waals surface area contributed by atoms with Gasteiger partial charge in [0.2, 0.25) is 0 Å². The SMILES string of the molecule is COc1ccc2c(c1)[C@H](Cc1ccc(Oc3ccc(C[C@H]4c5cc(OC)ccc5CC[N+]4(C)C)cc3)cc1)[N+](C)(C)CC2. The van der Waals surface area contributed by atoms with Crippen molar-refractivity contribution >= 4 is 0 Å². The molecule has 6 rings (SSSR count). The fourth-order valence-corrected chi connectivity index (χ4v) is 7.04. The molecule has 2 aliphatic rings. The van der Waals surface area contributed by atoms with Crippen LogP contribution in [0.1, 0.15) is 45.5 Å². The van der Waals surface area contributed by atoms with E-state index in [0.29, 0.717) is 12.1 Å². The average Bonchev–Trinajstić information content (AvgIpc) is 3.01. The van der Waals surface area contributed by atoms with E-state index in [1.165, 1.54) is 33.4 Å². The Morgan fingerprint density at radius 3 is 1.28 bits per heavy atom. The average molecular weight is 579 g/mol. The van der Waals surface area contributed by atoms with Crippen molar-refractivity contribution in [2.24, 2.45) is 0 Å². The van der Waals surface area contributed by atoms with Crippen LogP contribution in [0.2, 0.25) is 0 Å². The summed E-state index contributed by atoms with van der Waals surface area (Å²) in [5.41, 5.74) is 8.35. The molecule has 4 aromatic carbocycles. The topological polar surface area (TPSA) is 27.7 Å². The summed E-state index contributed by atoms with van der Waals surface area (Å²) in [6.07, 6.45) is 4.17. The molecule has 224 valence electrons. The van der Waals surface area contributed by atoms with Crippen LogP contribution in [0, 0.1) is 0 Å². The molecule has 4 aromatic rings. The predicted molar refractivity (Wildman–Crippen MR) is 173 cm³/mol. The zero-order chi connectivity index (χ0) is 30.2. The van der Waals surface area contributed by atoms with Gasteiger partial charge in [-0.1, -0.05) is 36.4 Å². The van der Waals surface area contributed by atoms with Gasteiger partial charge in [-0.2, -0.15) is 0 Å². The third kappa shape index (κ3) is 6.15. The summed E-state index contributed by atoms with van der Waals surface area (Å²) in [5, 5.41) is 0. The number of nitrogens with zero attached hydrogens (tertiary/aromatic N) is 2. The predicted octanol–water partition coefficient (Wildman–Crippen LogP) is 7.33. The molecule has 0 N–H and O–H groups in total. The van der Waals surface area contributed by atoms with E-state index in [0.717, 1.165) is 70.7 Å². The van der Waals surface area contributed by atoms with Crippen LogP contribution < -0.4 is 14.2 Å². The summed E-state index contributed by atoms with van der Waals surface area (Å²) in [6, 6.07) is 31.2.